The van der Waals surface area contributed by atoms with Crippen LogP contribution in [-0.4, -0.2) is 23.3 Å². The largest absolute Gasteiger partial charge is 0.481 e. The molecular formula is C9H16O3. The van der Waals surface area contributed by atoms with E-state index in [4.69, 9.17) is 9.84 Å². The summed E-state index contributed by atoms with van der Waals surface area (Å²) < 4.78 is 5.46. The van der Waals surface area contributed by atoms with Gasteiger partial charge in [-0.25, -0.2) is 0 Å². The smallest absolute Gasteiger partial charge is 0.311 e. The van der Waals surface area contributed by atoms with E-state index in [9.17, 15) is 4.79 Å². The lowest BCUT2D eigenvalue weighted by Crippen LogP contribution is -2.43. The van der Waals surface area contributed by atoms with Gasteiger partial charge in [0.2, 0.25) is 0 Å². The average molecular weight is 172 g/mol. The van der Waals surface area contributed by atoms with E-state index in [0.717, 1.165) is 6.42 Å². The summed E-state index contributed by atoms with van der Waals surface area (Å²) in [5.41, 5.74) is -0.815. The standard InChI is InChI=1S/C9H16O3/c1-8(2)4-5-9(3,6-12-8)7(10)11/h4-6H2,1-3H3,(H,10,11). The maximum absolute atomic E-state index is 10.8. The van der Waals surface area contributed by atoms with Crippen LogP contribution in [0.5, 0.6) is 0 Å². The second-order valence-corrected chi connectivity index (χ2v) is 4.41. The summed E-state index contributed by atoms with van der Waals surface area (Å²) >= 11 is 0. The first-order chi connectivity index (χ1) is 5.36. The van der Waals surface area contributed by atoms with Crippen LogP contribution >= 0.6 is 0 Å². The van der Waals surface area contributed by atoms with E-state index in [1.165, 1.54) is 0 Å². The maximum Gasteiger partial charge on any atom is 0.311 e. The van der Waals surface area contributed by atoms with Crippen LogP contribution in [0.25, 0.3) is 0 Å². The molecule has 1 aliphatic rings. The molecule has 1 fully saturated rings. The van der Waals surface area contributed by atoms with Gasteiger partial charge in [0.15, 0.2) is 0 Å². The lowest BCUT2D eigenvalue weighted by Gasteiger charge is -2.38. The van der Waals surface area contributed by atoms with Crippen molar-refractivity contribution < 1.29 is 14.6 Å². The number of carboxylic acids is 1. The number of hydrogen-bond acceptors (Lipinski definition) is 2. The van der Waals surface area contributed by atoms with E-state index in [2.05, 4.69) is 0 Å². The molecule has 1 unspecified atom stereocenters. The lowest BCUT2D eigenvalue weighted by molar-refractivity contribution is -0.166. The third-order valence-corrected chi connectivity index (χ3v) is 2.58. The van der Waals surface area contributed by atoms with Crippen molar-refractivity contribution in [1.29, 1.82) is 0 Å². The van der Waals surface area contributed by atoms with Gasteiger partial charge in [-0.15, -0.1) is 0 Å². The molecule has 70 valence electrons. The molecule has 0 spiro atoms. The van der Waals surface area contributed by atoms with Gasteiger partial charge in [0.05, 0.1) is 17.6 Å². The molecule has 3 nitrogen and oxygen atoms in total. The second-order valence-electron chi connectivity index (χ2n) is 4.41. The molecule has 0 aromatic heterocycles. The van der Waals surface area contributed by atoms with Crippen molar-refractivity contribution in [2.75, 3.05) is 6.61 Å². The minimum atomic E-state index is -0.752. The Morgan fingerprint density at radius 3 is 2.25 bits per heavy atom. The van der Waals surface area contributed by atoms with Crippen LogP contribution in [-0.2, 0) is 9.53 Å². The molecule has 12 heavy (non-hydrogen) atoms. The Labute approximate surface area is 72.7 Å². The number of carbonyl (C=O) groups is 1. The highest BCUT2D eigenvalue weighted by Gasteiger charge is 2.40. The topological polar surface area (TPSA) is 46.5 Å². The van der Waals surface area contributed by atoms with E-state index in [-0.39, 0.29) is 5.60 Å². The first kappa shape index (κ1) is 9.52. The zero-order valence-corrected chi connectivity index (χ0v) is 7.89. The molecule has 1 saturated heterocycles. The third-order valence-electron chi connectivity index (χ3n) is 2.58. The lowest BCUT2D eigenvalue weighted by atomic mass is 9.80. The predicted octanol–water partition coefficient (Wildman–Crippen LogP) is 1.67. The molecule has 1 N–H and O–H groups in total. The molecule has 0 aromatic carbocycles. The van der Waals surface area contributed by atoms with Crippen LogP contribution in [0.3, 0.4) is 0 Å². The summed E-state index contributed by atoms with van der Waals surface area (Å²) in [6.45, 7) is 6.06. The van der Waals surface area contributed by atoms with Crippen molar-refractivity contribution in [2.45, 2.75) is 39.2 Å². The molecule has 0 radical (unpaired) electrons. The molecule has 0 saturated carbocycles. The number of rotatable bonds is 1. The highest BCUT2D eigenvalue weighted by Crippen LogP contribution is 2.35. The minimum absolute atomic E-state index is 0.144. The Bertz CT molecular complexity index is 186. The fourth-order valence-electron chi connectivity index (χ4n) is 1.24. The monoisotopic (exact) mass is 172 g/mol. The summed E-state index contributed by atoms with van der Waals surface area (Å²) in [5.74, 6) is -0.752. The molecule has 0 aliphatic carbocycles. The van der Waals surface area contributed by atoms with Crippen LogP contribution in [0.2, 0.25) is 0 Å². The van der Waals surface area contributed by atoms with Crippen LogP contribution < -0.4 is 0 Å². The highest BCUT2D eigenvalue weighted by molar-refractivity contribution is 5.74. The maximum atomic E-state index is 10.8. The number of hydrogen-bond donors (Lipinski definition) is 1. The van der Waals surface area contributed by atoms with E-state index in [1.807, 2.05) is 13.8 Å². The number of aliphatic carboxylic acids is 1. The van der Waals surface area contributed by atoms with Crippen molar-refractivity contribution in [3.8, 4) is 0 Å². The Kier molecular flexibility index (Phi) is 2.17. The normalized spacial score (nSPS) is 34.6. The van der Waals surface area contributed by atoms with Crippen molar-refractivity contribution >= 4 is 5.97 Å². The van der Waals surface area contributed by atoms with Gasteiger partial charge in [0.1, 0.15) is 0 Å². The van der Waals surface area contributed by atoms with Gasteiger partial charge in [0.25, 0.3) is 0 Å². The molecular weight excluding hydrogens is 156 g/mol. The second kappa shape index (κ2) is 2.73. The molecule has 0 aromatic rings. The zero-order chi connectivity index (χ0) is 9.41. The van der Waals surface area contributed by atoms with E-state index >= 15 is 0 Å². The molecule has 0 amide bonds. The molecule has 1 atom stereocenters. The molecule has 0 bridgehead atoms. The van der Waals surface area contributed by atoms with Gasteiger partial charge in [-0.2, -0.15) is 0 Å². The summed E-state index contributed by atoms with van der Waals surface area (Å²) in [4.78, 5) is 10.8. The van der Waals surface area contributed by atoms with Crippen LogP contribution in [0, 0.1) is 5.41 Å². The van der Waals surface area contributed by atoms with Crippen LogP contribution in [0.1, 0.15) is 33.6 Å². The van der Waals surface area contributed by atoms with Gasteiger partial charge in [0, 0.05) is 0 Å². The van der Waals surface area contributed by atoms with Gasteiger partial charge < -0.3 is 9.84 Å². The van der Waals surface area contributed by atoms with Crippen molar-refractivity contribution in [1.82, 2.24) is 0 Å². The van der Waals surface area contributed by atoms with Crippen molar-refractivity contribution in [2.24, 2.45) is 5.41 Å². The molecule has 1 heterocycles. The third kappa shape index (κ3) is 1.78. The SMILES string of the molecule is CC1(C)CCC(C)(C(=O)O)CO1. The summed E-state index contributed by atoms with van der Waals surface area (Å²) in [6.07, 6.45) is 1.52. The van der Waals surface area contributed by atoms with Crippen LogP contribution in [0.15, 0.2) is 0 Å². The first-order valence-corrected chi connectivity index (χ1v) is 4.23. The van der Waals surface area contributed by atoms with Gasteiger partial charge in [-0.05, 0) is 33.6 Å². The minimum Gasteiger partial charge on any atom is -0.481 e. The molecule has 1 rings (SSSR count). The summed E-state index contributed by atoms with van der Waals surface area (Å²) in [6, 6.07) is 0. The molecule has 1 aliphatic heterocycles. The Morgan fingerprint density at radius 2 is 1.92 bits per heavy atom. The van der Waals surface area contributed by atoms with E-state index in [1.54, 1.807) is 6.92 Å². The van der Waals surface area contributed by atoms with Gasteiger partial charge >= 0.3 is 5.97 Å². The number of carboxylic acid groups (broad SMARTS) is 1. The number of ether oxygens (including phenoxy) is 1. The fourth-order valence-corrected chi connectivity index (χ4v) is 1.24. The van der Waals surface area contributed by atoms with E-state index in [0.29, 0.717) is 13.0 Å². The quantitative estimate of drug-likeness (QED) is 0.654. The Balaban J connectivity index is 2.62. The summed E-state index contributed by atoms with van der Waals surface area (Å²) in [5, 5.41) is 8.89. The van der Waals surface area contributed by atoms with Gasteiger partial charge in [-0.3, -0.25) is 4.79 Å². The summed E-state index contributed by atoms with van der Waals surface area (Å²) in [7, 11) is 0. The zero-order valence-electron chi connectivity index (χ0n) is 7.89. The van der Waals surface area contributed by atoms with Crippen molar-refractivity contribution in [3.63, 3.8) is 0 Å². The van der Waals surface area contributed by atoms with E-state index < -0.39 is 11.4 Å². The Morgan fingerprint density at radius 1 is 1.33 bits per heavy atom. The van der Waals surface area contributed by atoms with Crippen LogP contribution in [0.4, 0.5) is 0 Å². The van der Waals surface area contributed by atoms with Gasteiger partial charge in [-0.1, -0.05) is 0 Å². The predicted molar refractivity (Wildman–Crippen MR) is 45.0 cm³/mol. The van der Waals surface area contributed by atoms with Crippen molar-refractivity contribution in [3.05, 3.63) is 0 Å². The molecule has 3 heteroatoms. The Hall–Kier alpha value is -0.570. The first-order valence-electron chi connectivity index (χ1n) is 4.23. The average Bonchev–Trinajstić information content (AvgIpc) is 1.96. The highest BCUT2D eigenvalue weighted by atomic mass is 16.5. The fraction of sp³-hybridized carbons (Fsp3) is 0.889.